The summed E-state index contributed by atoms with van der Waals surface area (Å²) in [5.74, 6) is 1.62. The Hall–Kier alpha value is -3.15. The number of phenolic OH excluding ortho intramolecular Hbond substituents is 1. The molecule has 1 saturated heterocycles. The fourth-order valence-electron chi connectivity index (χ4n) is 4.07. The lowest BCUT2D eigenvalue weighted by atomic mass is 9.90. The van der Waals surface area contributed by atoms with E-state index in [1.807, 2.05) is 24.3 Å². The molecule has 1 heterocycles. The average Bonchev–Trinajstić information content (AvgIpc) is 2.79. The molecule has 0 aliphatic carbocycles. The highest BCUT2D eigenvalue weighted by Gasteiger charge is 2.29. The molecule has 1 aliphatic heterocycles. The van der Waals surface area contributed by atoms with Crippen LogP contribution in [0.5, 0.6) is 11.5 Å². The molecular weight excluding hydrogens is 415 g/mol. The van der Waals surface area contributed by atoms with E-state index in [1.165, 1.54) is 17.7 Å². The first-order chi connectivity index (χ1) is 15.4. The van der Waals surface area contributed by atoms with Gasteiger partial charge in [-0.3, -0.25) is 0 Å². The van der Waals surface area contributed by atoms with E-state index < -0.39 is 11.7 Å². The summed E-state index contributed by atoms with van der Waals surface area (Å²) in [7, 11) is 0. The van der Waals surface area contributed by atoms with Gasteiger partial charge in [-0.25, -0.2) is 0 Å². The van der Waals surface area contributed by atoms with Crippen LogP contribution in [0.2, 0.25) is 0 Å². The van der Waals surface area contributed by atoms with E-state index in [0.29, 0.717) is 17.2 Å². The summed E-state index contributed by atoms with van der Waals surface area (Å²) < 4.78 is 43.7. The van der Waals surface area contributed by atoms with Crippen molar-refractivity contribution in [1.82, 2.24) is 0 Å². The minimum absolute atomic E-state index is 0.229. The van der Waals surface area contributed by atoms with Gasteiger partial charge in [-0.2, -0.15) is 13.2 Å². The maximum absolute atomic E-state index is 12.6. The molecule has 0 spiro atoms. The number of ether oxygens (including phenoxy) is 1. The van der Waals surface area contributed by atoms with Gasteiger partial charge in [0.2, 0.25) is 0 Å². The maximum atomic E-state index is 12.6. The van der Waals surface area contributed by atoms with Crippen LogP contribution in [-0.2, 0) is 19.2 Å². The first kappa shape index (κ1) is 22.1. The van der Waals surface area contributed by atoms with Gasteiger partial charge >= 0.3 is 6.18 Å². The van der Waals surface area contributed by atoms with Crippen LogP contribution in [0.3, 0.4) is 0 Å². The minimum Gasteiger partial charge on any atom is -0.508 e. The fraction of sp³-hybridized carbons (Fsp3) is 0.308. The first-order valence-electron chi connectivity index (χ1n) is 10.8. The van der Waals surface area contributed by atoms with Crippen LogP contribution in [-0.4, -0.2) is 18.2 Å². The lowest BCUT2D eigenvalue weighted by molar-refractivity contribution is -0.137. The predicted octanol–water partition coefficient (Wildman–Crippen LogP) is 6.45. The molecule has 3 nitrogen and oxygen atoms in total. The fourth-order valence-corrected chi connectivity index (χ4v) is 4.07. The van der Waals surface area contributed by atoms with Gasteiger partial charge in [-0.1, -0.05) is 24.3 Å². The quantitative estimate of drug-likeness (QED) is 0.477. The third kappa shape index (κ3) is 5.75. The van der Waals surface area contributed by atoms with Crippen molar-refractivity contribution in [3.05, 3.63) is 89.5 Å². The van der Waals surface area contributed by atoms with E-state index in [9.17, 15) is 18.3 Å². The zero-order valence-electron chi connectivity index (χ0n) is 17.7. The van der Waals surface area contributed by atoms with E-state index in [-0.39, 0.29) is 12.4 Å². The Labute approximate surface area is 186 Å². The number of hydrogen-bond acceptors (Lipinski definition) is 3. The van der Waals surface area contributed by atoms with Gasteiger partial charge in [0.05, 0.1) is 5.56 Å². The van der Waals surface area contributed by atoms with Crippen LogP contribution in [0.4, 0.5) is 18.9 Å². The molecule has 0 radical (unpaired) electrons. The van der Waals surface area contributed by atoms with Gasteiger partial charge in [0.25, 0.3) is 0 Å². The average molecular weight is 441 g/mol. The first-order valence-corrected chi connectivity index (χ1v) is 10.8. The number of halogens is 3. The highest BCUT2D eigenvalue weighted by Crippen LogP contribution is 2.30. The Morgan fingerprint density at radius 3 is 2.00 bits per heavy atom. The van der Waals surface area contributed by atoms with Crippen molar-refractivity contribution in [1.29, 1.82) is 0 Å². The molecule has 4 rings (SSSR count). The van der Waals surface area contributed by atoms with Crippen molar-refractivity contribution in [2.45, 2.75) is 32.0 Å². The highest BCUT2D eigenvalue weighted by atomic mass is 19.4. The molecule has 0 atom stereocenters. The standard InChI is InChI=1S/C26H26F3NO2/c27-26(28,29)22-5-1-21(2-6-22)18-32-25-11-3-19(4-12-25)17-20-13-15-30(16-14-20)23-7-9-24(31)10-8-23/h1-12,20,31H,13-18H2. The summed E-state index contributed by atoms with van der Waals surface area (Å²) in [6.45, 7) is 2.24. The van der Waals surface area contributed by atoms with E-state index >= 15 is 0 Å². The lowest BCUT2D eigenvalue weighted by Crippen LogP contribution is -2.34. The minimum atomic E-state index is -4.32. The second-order valence-electron chi connectivity index (χ2n) is 8.28. The van der Waals surface area contributed by atoms with Crippen LogP contribution < -0.4 is 9.64 Å². The summed E-state index contributed by atoms with van der Waals surface area (Å²) in [5.41, 5.74) is 2.45. The molecule has 0 saturated carbocycles. The lowest BCUT2D eigenvalue weighted by Gasteiger charge is -2.33. The monoisotopic (exact) mass is 441 g/mol. The zero-order chi connectivity index (χ0) is 22.6. The molecule has 3 aromatic rings. The summed E-state index contributed by atoms with van der Waals surface area (Å²) >= 11 is 0. The zero-order valence-corrected chi connectivity index (χ0v) is 17.7. The Bertz CT molecular complexity index is 991. The van der Waals surface area contributed by atoms with Crippen molar-refractivity contribution in [3.8, 4) is 11.5 Å². The van der Waals surface area contributed by atoms with Crippen molar-refractivity contribution in [3.63, 3.8) is 0 Å². The Kier molecular flexibility index (Phi) is 6.58. The molecular formula is C26H26F3NO2. The number of aromatic hydroxyl groups is 1. The SMILES string of the molecule is Oc1ccc(N2CCC(Cc3ccc(OCc4ccc(C(F)(F)F)cc4)cc3)CC2)cc1. The number of rotatable bonds is 6. The Balaban J connectivity index is 1.24. The number of anilines is 1. The summed E-state index contributed by atoms with van der Waals surface area (Å²) in [4.78, 5) is 2.36. The second-order valence-corrected chi connectivity index (χ2v) is 8.28. The number of hydrogen-bond donors (Lipinski definition) is 1. The molecule has 1 fully saturated rings. The summed E-state index contributed by atoms with van der Waals surface area (Å²) in [6, 6.07) is 20.4. The molecule has 0 unspecified atom stereocenters. The van der Waals surface area contributed by atoms with Crippen molar-refractivity contribution in [2.24, 2.45) is 5.92 Å². The smallest absolute Gasteiger partial charge is 0.416 e. The van der Waals surface area contributed by atoms with Gasteiger partial charge in [-0.15, -0.1) is 0 Å². The third-order valence-electron chi connectivity index (χ3n) is 5.96. The van der Waals surface area contributed by atoms with Gasteiger partial charge < -0.3 is 14.7 Å². The highest BCUT2D eigenvalue weighted by molar-refractivity contribution is 5.49. The number of alkyl halides is 3. The van der Waals surface area contributed by atoms with Crippen molar-refractivity contribution < 1.29 is 23.0 Å². The molecule has 32 heavy (non-hydrogen) atoms. The number of benzene rings is 3. The van der Waals surface area contributed by atoms with Crippen molar-refractivity contribution >= 4 is 5.69 Å². The van der Waals surface area contributed by atoms with Gasteiger partial charge in [0.15, 0.2) is 0 Å². The maximum Gasteiger partial charge on any atom is 0.416 e. The van der Waals surface area contributed by atoms with Crippen LogP contribution >= 0.6 is 0 Å². The number of phenols is 1. The van der Waals surface area contributed by atoms with Crippen LogP contribution in [0, 0.1) is 5.92 Å². The molecule has 0 aromatic heterocycles. The third-order valence-corrected chi connectivity index (χ3v) is 5.96. The summed E-state index contributed by atoms with van der Waals surface area (Å²) in [5, 5.41) is 9.44. The van der Waals surface area contributed by atoms with Crippen molar-refractivity contribution in [2.75, 3.05) is 18.0 Å². The normalized spacial score (nSPS) is 15.0. The Morgan fingerprint density at radius 2 is 1.41 bits per heavy atom. The molecule has 0 amide bonds. The number of nitrogens with zero attached hydrogens (tertiary/aromatic N) is 1. The van der Waals surface area contributed by atoms with E-state index in [2.05, 4.69) is 17.0 Å². The molecule has 3 aromatic carbocycles. The van der Waals surface area contributed by atoms with Gasteiger partial charge in [0, 0.05) is 18.8 Å². The van der Waals surface area contributed by atoms with Crippen LogP contribution in [0.15, 0.2) is 72.8 Å². The predicted molar refractivity (Wildman–Crippen MR) is 119 cm³/mol. The Morgan fingerprint density at radius 1 is 0.812 bits per heavy atom. The van der Waals surface area contributed by atoms with Gasteiger partial charge in [-0.05, 0) is 84.8 Å². The molecule has 1 N–H and O–H groups in total. The summed E-state index contributed by atoms with van der Waals surface area (Å²) in [6.07, 6.45) is -1.07. The van der Waals surface area contributed by atoms with Crippen LogP contribution in [0.1, 0.15) is 29.5 Å². The topological polar surface area (TPSA) is 32.7 Å². The van der Waals surface area contributed by atoms with E-state index in [1.54, 1.807) is 12.1 Å². The molecule has 168 valence electrons. The van der Waals surface area contributed by atoms with Crippen LogP contribution in [0.25, 0.3) is 0 Å². The molecule has 1 aliphatic rings. The largest absolute Gasteiger partial charge is 0.508 e. The molecule has 0 bridgehead atoms. The van der Waals surface area contributed by atoms with E-state index in [0.717, 1.165) is 50.2 Å². The van der Waals surface area contributed by atoms with Gasteiger partial charge in [0.1, 0.15) is 18.1 Å². The molecule has 6 heteroatoms. The van der Waals surface area contributed by atoms with E-state index in [4.69, 9.17) is 4.74 Å². The number of piperidine rings is 1. The second kappa shape index (κ2) is 9.55.